The molecule has 2 heteroatoms. The molecule has 2 nitrogen and oxygen atoms in total. The van der Waals surface area contributed by atoms with E-state index >= 15 is 0 Å². The van der Waals surface area contributed by atoms with Gasteiger partial charge < -0.3 is 10.5 Å². The van der Waals surface area contributed by atoms with Gasteiger partial charge in [0.2, 0.25) is 0 Å². The molecule has 0 amide bonds. The van der Waals surface area contributed by atoms with Crippen molar-refractivity contribution in [2.24, 2.45) is 0 Å². The van der Waals surface area contributed by atoms with Crippen molar-refractivity contribution in [3.63, 3.8) is 0 Å². The van der Waals surface area contributed by atoms with E-state index in [1.54, 1.807) is 7.11 Å². The minimum Gasteiger partial charge on any atom is -0.497 e. The first-order valence-corrected chi connectivity index (χ1v) is 7.59. The van der Waals surface area contributed by atoms with Gasteiger partial charge >= 0.3 is 0 Å². The van der Waals surface area contributed by atoms with Crippen LogP contribution in [0.5, 0.6) is 5.75 Å². The number of nitrogen functional groups attached to an aromatic ring is 1. The van der Waals surface area contributed by atoms with Crippen LogP contribution in [0.3, 0.4) is 0 Å². The van der Waals surface area contributed by atoms with Crippen LogP contribution >= 0.6 is 0 Å². The molecule has 0 aliphatic carbocycles. The fraction of sp³-hybridized carbons (Fsp3) is 0.647. The van der Waals surface area contributed by atoms with Crippen molar-refractivity contribution in [1.82, 2.24) is 0 Å². The highest BCUT2D eigenvalue weighted by Crippen LogP contribution is 2.38. The summed E-state index contributed by atoms with van der Waals surface area (Å²) in [7, 11) is 1.74. The summed E-state index contributed by atoms with van der Waals surface area (Å²) < 4.78 is 5.47. The Morgan fingerprint density at radius 3 is 1.53 bits per heavy atom. The number of hydrogen-bond acceptors (Lipinski definition) is 2. The first-order chi connectivity index (χ1) is 9.12. The first kappa shape index (κ1) is 15.9. The molecule has 0 fully saturated rings. The largest absolute Gasteiger partial charge is 0.497 e. The predicted molar refractivity (Wildman–Crippen MR) is 84.1 cm³/mol. The topological polar surface area (TPSA) is 35.2 Å². The van der Waals surface area contributed by atoms with Crippen molar-refractivity contribution in [1.29, 1.82) is 0 Å². The van der Waals surface area contributed by atoms with E-state index < -0.39 is 0 Å². The van der Waals surface area contributed by atoms with Crippen LogP contribution in [0.15, 0.2) is 12.1 Å². The number of ether oxygens (including phenoxy) is 1. The molecule has 1 aromatic rings. The molecule has 0 unspecified atom stereocenters. The van der Waals surface area contributed by atoms with Crippen LogP contribution in [0.4, 0.5) is 5.69 Å². The van der Waals surface area contributed by atoms with Crippen molar-refractivity contribution in [2.75, 3.05) is 12.8 Å². The lowest BCUT2D eigenvalue weighted by atomic mass is 9.85. The van der Waals surface area contributed by atoms with Gasteiger partial charge in [0, 0.05) is 5.69 Å². The first-order valence-electron chi connectivity index (χ1n) is 7.59. The van der Waals surface area contributed by atoms with Crippen LogP contribution in [0.25, 0.3) is 0 Å². The van der Waals surface area contributed by atoms with Crippen molar-refractivity contribution >= 4 is 5.69 Å². The Morgan fingerprint density at radius 1 is 0.895 bits per heavy atom. The molecule has 108 valence electrons. The van der Waals surface area contributed by atoms with Crippen molar-refractivity contribution in [3.05, 3.63) is 23.3 Å². The quantitative estimate of drug-likeness (QED) is 0.696. The molecule has 0 saturated heterocycles. The summed E-state index contributed by atoms with van der Waals surface area (Å²) in [5.41, 5.74) is 9.98. The predicted octanol–water partition coefficient (Wildman–Crippen LogP) is 5.08. The summed E-state index contributed by atoms with van der Waals surface area (Å²) in [6, 6.07) is 4.25. The van der Waals surface area contributed by atoms with E-state index in [-0.39, 0.29) is 0 Å². The lowest BCUT2D eigenvalue weighted by Crippen LogP contribution is -2.08. The fourth-order valence-corrected chi connectivity index (χ4v) is 2.92. The van der Waals surface area contributed by atoms with Gasteiger partial charge in [-0.05, 0) is 60.8 Å². The van der Waals surface area contributed by atoms with Crippen LogP contribution in [-0.2, 0) is 0 Å². The Balaban J connectivity index is 3.35. The number of hydrogen-bond donors (Lipinski definition) is 1. The van der Waals surface area contributed by atoms with E-state index in [9.17, 15) is 0 Å². The fourth-order valence-electron chi connectivity index (χ4n) is 2.92. The lowest BCUT2D eigenvalue weighted by Gasteiger charge is -2.23. The molecular weight excluding hydrogens is 234 g/mol. The molecule has 0 saturated carbocycles. The standard InChI is InChI=1S/C17H29NO/c1-6-12(7-2)15-10-14(19-5)11-16(17(15)18)13(8-3)9-4/h10-13H,6-9,18H2,1-5H3. The minimum atomic E-state index is 0.531. The molecule has 0 radical (unpaired) electrons. The maximum absolute atomic E-state index is 6.46. The van der Waals surface area contributed by atoms with Gasteiger partial charge in [-0.25, -0.2) is 0 Å². The highest BCUT2D eigenvalue weighted by molar-refractivity contribution is 5.60. The third kappa shape index (κ3) is 3.43. The van der Waals surface area contributed by atoms with Crippen molar-refractivity contribution in [2.45, 2.75) is 65.2 Å². The smallest absolute Gasteiger partial charge is 0.119 e. The van der Waals surface area contributed by atoms with Gasteiger partial charge in [-0.3, -0.25) is 0 Å². The highest BCUT2D eigenvalue weighted by Gasteiger charge is 2.19. The summed E-state index contributed by atoms with van der Waals surface area (Å²) in [4.78, 5) is 0. The molecule has 0 atom stereocenters. The second-order valence-electron chi connectivity index (χ2n) is 5.25. The number of anilines is 1. The van der Waals surface area contributed by atoms with Crippen LogP contribution in [0.1, 0.15) is 76.3 Å². The maximum atomic E-state index is 6.46. The molecule has 0 spiro atoms. The van der Waals surface area contributed by atoms with Gasteiger partial charge in [-0.2, -0.15) is 0 Å². The monoisotopic (exact) mass is 263 g/mol. The summed E-state index contributed by atoms with van der Waals surface area (Å²) >= 11 is 0. The molecule has 0 bridgehead atoms. The summed E-state index contributed by atoms with van der Waals surface area (Å²) in [5, 5.41) is 0. The average Bonchev–Trinajstić information content (AvgIpc) is 2.44. The number of methoxy groups -OCH3 is 1. The van der Waals surface area contributed by atoms with Crippen LogP contribution in [0, 0.1) is 0 Å². The van der Waals surface area contributed by atoms with E-state index in [0.29, 0.717) is 11.8 Å². The zero-order valence-electron chi connectivity index (χ0n) is 13.1. The molecular formula is C17H29NO. The van der Waals surface area contributed by atoms with E-state index in [1.807, 2.05) is 0 Å². The maximum Gasteiger partial charge on any atom is 0.119 e. The van der Waals surface area contributed by atoms with Crippen LogP contribution < -0.4 is 10.5 Å². The van der Waals surface area contributed by atoms with E-state index in [2.05, 4.69) is 39.8 Å². The van der Waals surface area contributed by atoms with Crippen LogP contribution in [0.2, 0.25) is 0 Å². The zero-order chi connectivity index (χ0) is 14.4. The van der Waals surface area contributed by atoms with E-state index in [1.165, 1.54) is 11.1 Å². The van der Waals surface area contributed by atoms with E-state index in [0.717, 1.165) is 37.1 Å². The molecule has 1 aromatic carbocycles. The molecule has 0 heterocycles. The molecule has 0 aliphatic heterocycles. The van der Waals surface area contributed by atoms with Gasteiger partial charge in [-0.15, -0.1) is 0 Å². The van der Waals surface area contributed by atoms with Crippen molar-refractivity contribution in [3.8, 4) is 5.75 Å². The third-order valence-electron chi connectivity index (χ3n) is 4.30. The summed E-state index contributed by atoms with van der Waals surface area (Å²) in [6.45, 7) is 8.90. The number of rotatable bonds is 7. The molecule has 0 aliphatic rings. The molecule has 2 N–H and O–H groups in total. The Labute approximate surface area is 118 Å². The lowest BCUT2D eigenvalue weighted by molar-refractivity contribution is 0.412. The third-order valence-corrected chi connectivity index (χ3v) is 4.30. The normalized spacial score (nSPS) is 11.3. The Hall–Kier alpha value is -1.18. The summed E-state index contributed by atoms with van der Waals surface area (Å²) in [5.74, 6) is 2.00. The number of nitrogens with two attached hydrogens (primary N) is 1. The molecule has 19 heavy (non-hydrogen) atoms. The van der Waals surface area contributed by atoms with Gasteiger partial charge in [0.1, 0.15) is 5.75 Å². The SMILES string of the molecule is CCC(CC)c1cc(OC)cc(C(CC)CC)c1N. The second kappa shape index (κ2) is 7.42. The van der Waals surface area contributed by atoms with Crippen molar-refractivity contribution < 1.29 is 4.74 Å². The second-order valence-corrected chi connectivity index (χ2v) is 5.25. The highest BCUT2D eigenvalue weighted by atomic mass is 16.5. The average molecular weight is 263 g/mol. The minimum absolute atomic E-state index is 0.531. The van der Waals surface area contributed by atoms with Gasteiger partial charge in [0.15, 0.2) is 0 Å². The van der Waals surface area contributed by atoms with E-state index in [4.69, 9.17) is 10.5 Å². The number of benzene rings is 1. The Morgan fingerprint density at radius 2 is 1.26 bits per heavy atom. The van der Waals surface area contributed by atoms with Crippen LogP contribution in [-0.4, -0.2) is 7.11 Å². The molecule has 1 rings (SSSR count). The Kier molecular flexibility index (Phi) is 6.20. The molecule has 0 aromatic heterocycles. The van der Waals surface area contributed by atoms with Gasteiger partial charge in [0.05, 0.1) is 7.11 Å². The Bertz CT molecular complexity index is 359. The van der Waals surface area contributed by atoms with Gasteiger partial charge in [0.25, 0.3) is 0 Å². The summed E-state index contributed by atoms with van der Waals surface area (Å²) in [6.07, 6.45) is 4.49. The van der Waals surface area contributed by atoms with Gasteiger partial charge in [-0.1, -0.05) is 27.7 Å². The zero-order valence-corrected chi connectivity index (χ0v) is 13.1.